The number of carbonyl (C=O) groups excluding carboxylic acids is 3. The molecule has 0 aromatic carbocycles. The molecule has 5 fully saturated rings. The van der Waals surface area contributed by atoms with Gasteiger partial charge >= 0.3 is 19.9 Å². The first-order chi connectivity index (χ1) is 17.3. The molecule has 4 bridgehead atoms. The van der Waals surface area contributed by atoms with E-state index in [9.17, 15) is 39.2 Å². The molecule has 0 aromatic heterocycles. The third-order valence-corrected chi connectivity index (χ3v) is 9.82. The lowest BCUT2D eigenvalue weighted by Gasteiger charge is -2.73. The number of carbonyl (C=O) groups is 3. The van der Waals surface area contributed by atoms with Gasteiger partial charge < -0.3 is 29.7 Å². The van der Waals surface area contributed by atoms with Crippen molar-refractivity contribution in [2.24, 2.45) is 15.8 Å². The Labute approximate surface area is 209 Å². The monoisotopic (exact) mass is 545 g/mol. The minimum absolute atomic E-state index is 0.147. The zero-order valence-electron chi connectivity index (χ0n) is 19.8. The van der Waals surface area contributed by atoms with Crippen LogP contribution < -0.4 is 10.4 Å². The number of hydrogen-bond donors (Lipinski definition) is 4. The molecule has 17 heteroatoms. The fraction of sp³-hybridized carbons (Fsp3) is 0.800. The van der Waals surface area contributed by atoms with E-state index in [2.05, 4.69) is 10.3 Å². The van der Waals surface area contributed by atoms with E-state index in [1.807, 2.05) is 0 Å². The molecule has 5 amide bonds. The van der Waals surface area contributed by atoms with Gasteiger partial charge in [0.1, 0.15) is 30.8 Å². The molecule has 4 saturated heterocycles. The molecule has 37 heavy (non-hydrogen) atoms. The fourth-order valence-electron chi connectivity index (χ4n) is 6.69. The van der Waals surface area contributed by atoms with Crippen LogP contribution in [0.4, 0.5) is 9.59 Å². The van der Waals surface area contributed by atoms with Gasteiger partial charge in [0.15, 0.2) is 0 Å². The molecule has 16 nitrogen and oxygen atoms in total. The van der Waals surface area contributed by atoms with Crippen LogP contribution in [0, 0.1) is 10.8 Å². The Morgan fingerprint density at radius 2 is 1.78 bits per heavy atom. The first kappa shape index (κ1) is 25.1. The van der Waals surface area contributed by atoms with E-state index in [-0.39, 0.29) is 12.8 Å². The summed E-state index contributed by atoms with van der Waals surface area (Å²) in [5.74, 6) is -1.57. The lowest BCUT2D eigenvalue weighted by atomic mass is 9.42. The molecule has 5 aliphatic heterocycles. The largest absolute Gasteiger partial charge is 0.861 e. The maximum atomic E-state index is 13.2. The van der Waals surface area contributed by atoms with Gasteiger partial charge in [0.05, 0.1) is 36.8 Å². The smallest absolute Gasteiger partial charge is 0.472 e. The van der Waals surface area contributed by atoms with Crippen LogP contribution in [-0.4, -0.2) is 111 Å². The zero-order chi connectivity index (χ0) is 26.7. The van der Waals surface area contributed by atoms with Crippen LogP contribution in [0.3, 0.4) is 0 Å². The highest BCUT2D eigenvalue weighted by Crippen LogP contribution is 2.64. The summed E-state index contributed by atoms with van der Waals surface area (Å²) in [6, 6.07) is -4.01. The van der Waals surface area contributed by atoms with Gasteiger partial charge in [-0.15, -0.1) is 0 Å². The van der Waals surface area contributed by atoms with Gasteiger partial charge in [-0.3, -0.25) is 29.0 Å². The lowest BCUT2D eigenvalue weighted by Crippen LogP contribution is -2.91. The summed E-state index contributed by atoms with van der Waals surface area (Å²) in [5.41, 5.74) is -3.11. The van der Waals surface area contributed by atoms with Gasteiger partial charge in [-0.25, -0.2) is 19.1 Å². The Balaban J connectivity index is 1.50. The van der Waals surface area contributed by atoms with Gasteiger partial charge in [-0.05, 0) is 12.8 Å². The highest BCUT2D eigenvalue weighted by atomic mass is 31.2. The van der Waals surface area contributed by atoms with Crippen LogP contribution in [0.25, 0.3) is 0 Å². The average Bonchev–Trinajstić information content (AvgIpc) is 3.38. The second-order valence-electron chi connectivity index (χ2n) is 10.5. The van der Waals surface area contributed by atoms with Gasteiger partial charge in [0.25, 0.3) is 0 Å². The molecule has 0 aromatic rings. The predicted octanol–water partition coefficient (Wildman–Crippen LogP) is -2.40. The number of phosphoric ester groups is 1. The summed E-state index contributed by atoms with van der Waals surface area (Å²) in [4.78, 5) is 55.8. The average molecular weight is 545 g/mol. The summed E-state index contributed by atoms with van der Waals surface area (Å²) < 4.78 is 34.6. The molecule has 0 radical (unpaired) electrons. The molecule has 6 rings (SSSR count). The SMILES string of the molecule is C[C@]12C(=O)NC(=O)N3[C@@H]4CC(OP(=O)(O)OC[C@H]5O[C@@H](CC5O)N5C(=O)N=C([O-])[C@]1(C)[C@H]5[C@@H]32)[C@@H](CO)O4. The Morgan fingerprint density at radius 3 is 2.49 bits per heavy atom. The first-order valence-corrected chi connectivity index (χ1v) is 13.3. The number of urea groups is 2. The van der Waals surface area contributed by atoms with Crippen molar-refractivity contribution in [1.82, 2.24) is 15.1 Å². The van der Waals surface area contributed by atoms with Crippen LogP contribution in [0.2, 0.25) is 0 Å². The highest BCUT2D eigenvalue weighted by molar-refractivity contribution is 7.47. The molecular weight excluding hydrogens is 519 g/mol. The van der Waals surface area contributed by atoms with Crippen molar-refractivity contribution < 1.29 is 57.7 Å². The molecular formula is C20H26N4O12P-. The van der Waals surface area contributed by atoms with E-state index < -0.39 is 105 Å². The minimum Gasteiger partial charge on any atom is -0.861 e. The van der Waals surface area contributed by atoms with Gasteiger partial charge in [-0.2, -0.15) is 0 Å². The number of aliphatic imine (C=N–C) groups is 1. The molecule has 11 atom stereocenters. The quantitative estimate of drug-likeness (QED) is 0.253. The predicted molar refractivity (Wildman–Crippen MR) is 114 cm³/mol. The normalized spacial score (nSPS) is 51.2. The fourth-order valence-corrected chi connectivity index (χ4v) is 7.65. The summed E-state index contributed by atoms with van der Waals surface area (Å²) in [6.07, 6.45) is -7.35. The number of aliphatic hydroxyl groups excluding tert-OH is 2. The van der Waals surface area contributed by atoms with E-state index in [4.69, 9.17) is 18.5 Å². The molecule has 5 heterocycles. The summed E-state index contributed by atoms with van der Waals surface area (Å²) >= 11 is 0. The van der Waals surface area contributed by atoms with Crippen LogP contribution >= 0.6 is 7.82 Å². The van der Waals surface area contributed by atoms with E-state index in [1.54, 1.807) is 0 Å². The van der Waals surface area contributed by atoms with Crippen molar-refractivity contribution in [1.29, 1.82) is 0 Å². The Bertz CT molecular complexity index is 1150. The molecule has 3 unspecified atom stereocenters. The van der Waals surface area contributed by atoms with Crippen LogP contribution in [-0.2, 0) is 27.9 Å². The molecule has 0 spiro atoms. The second kappa shape index (κ2) is 7.93. The summed E-state index contributed by atoms with van der Waals surface area (Å²) in [5, 5.41) is 35.8. The maximum Gasteiger partial charge on any atom is 0.472 e. The number of fused-ring (bicyclic) bond motifs is 7. The van der Waals surface area contributed by atoms with Gasteiger partial charge in [-0.1, -0.05) is 6.92 Å². The van der Waals surface area contributed by atoms with Crippen LogP contribution in [0.15, 0.2) is 4.99 Å². The van der Waals surface area contributed by atoms with Crippen molar-refractivity contribution in [2.45, 2.75) is 75.6 Å². The number of imide groups is 1. The molecule has 204 valence electrons. The Morgan fingerprint density at radius 1 is 1.11 bits per heavy atom. The van der Waals surface area contributed by atoms with Crippen molar-refractivity contribution in [2.75, 3.05) is 13.2 Å². The van der Waals surface area contributed by atoms with E-state index in [0.717, 1.165) is 9.80 Å². The maximum absolute atomic E-state index is 13.2. The minimum atomic E-state index is -4.75. The van der Waals surface area contributed by atoms with Crippen LogP contribution in [0.1, 0.15) is 26.7 Å². The molecule has 1 saturated carbocycles. The molecule has 1 aliphatic carbocycles. The number of aliphatic hydroxyl groups is 2. The topological polar surface area (TPSA) is 220 Å². The highest BCUT2D eigenvalue weighted by Gasteiger charge is 2.79. The molecule has 4 N–H and O–H groups in total. The third-order valence-electron chi connectivity index (χ3n) is 8.81. The van der Waals surface area contributed by atoms with Crippen molar-refractivity contribution >= 4 is 31.7 Å². The van der Waals surface area contributed by atoms with E-state index in [0.29, 0.717) is 0 Å². The third kappa shape index (κ3) is 3.18. The number of nitrogens with zero attached hydrogens (tertiary/aromatic N) is 3. The number of hydrogen-bond acceptors (Lipinski definition) is 11. The molecule has 6 aliphatic rings. The van der Waals surface area contributed by atoms with Crippen molar-refractivity contribution in [3.8, 4) is 0 Å². The van der Waals surface area contributed by atoms with E-state index >= 15 is 0 Å². The van der Waals surface area contributed by atoms with Gasteiger partial charge in [0.2, 0.25) is 5.91 Å². The second-order valence-corrected chi connectivity index (χ2v) is 11.9. The Kier molecular flexibility index (Phi) is 5.38. The summed E-state index contributed by atoms with van der Waals surface area (Å²) in [6.45, 7) is 1.78. The lowest BCUT2D eigenvalue weighted by molar-refractivity contribution is -0.283. The Hall–Kier alpha value is -2.17. The van der Waals surface area contributed by atoms with Crippen molar-refractivity contribution in [3.05, 3.63) is 0 Å². The van der Waals surface area contributed by atoms with E-state index in [1.165, 1.54) is 13.8 Å². The number of nitrogens with one attached hydrogen (secondary N) is 1. The first-order valence-electron chi connectivity index (χ1n) is 11.8. The number of rotatable bonds is 1. The zero-order valence-corrected chi connectivity index (χ0v) is 20.6. The standard InChI is InChI=1S/C20H27N4O12P/c1-19-13-14-20(19,2)16(28)22-18(30)24(14)12-4-8(9(5-25)34-12)36-37(31,32)33-6-10-7(26)3-11(35-10)23(13)17(29)21-15(19)27/h7-14,25-26H,3-6H2,1-2H3,(H,31,32)(H,21,27,29)(H,22,28,30)/p-1/t7?,8?,9-,10-,11+,12+,13-,14-,19+,20+/m1/s1. The number of amides is 5. The van der Waals surface area contributed by atoms with Crippen molar-refractivity contribution in [3.63, 3.8) is 0 Å². The van der Waals surface area contributed by atoms with Gasteiger partial charge in [0, 0.05) is 18.3 Å². The number of ether oxygens (including phenoxy) is 2. The van der Waals surface area contributed by atoms with Crippen LogP contribution in [0.5, 0.6) is 0 Å². The number of phosphoric acid groups is 1. The summed E-state index contributed by atoms with van der Waals surface area (Å²) in [7, 11) is -4.75.